The SMILES string of the molecule is C#CCO[C@]1(c2ccc(F)c(F)c2)CCN(C(=O)OC(C)(C)C)C[C@@H]1C(=O)N(Cc1cc(CCCOC)cc(OCCOC)c1)C1CC1. The Hall–Kier alpha value is -3.72. The van der Waals surface area contributed by atoms with Gasteiger partial charge in [-0.15, -0.1) is 6.42 Å². The standard InChI is InChI=1S/C37H48F2N2O7/c1-7-16-47-37(28-10-13-32(38)33(39)23-28)14-15-40(35(43)48-36(2,3)4)25-31(37)34(42)41(29-11-12-29)24-27-20-26(9-8-17-44-5)21-30(22-27)46-19-18-45-6/h1,10,13,20-23,29,31H,8-9,11-12,14-19,24-25H2,2-6H3/t31-,37+/m1/s1. The molecule has 2 aromatic rings. The summed E-state index contributed by atoms with van der Waals surface area (Å²) in [6, 6.07) is 9.43. The maximum Gasteiger partial charge on any atom is 0.410 e. The van der Waals surface area contributed by atoms with E-state index in [4.69, 9.17) is 30.1 Å². The van der Waals surface area contributed by atoms with Crippen LogP contribution in [0.4, 0.5) is 13.6 Å². The van der Waals surface area contributed by atoms with Crippen LogP contribution in [-0.4, -0.2) is 87.2 Å². The second-order valence-corrected chi connectivity index (χ2v) is 13.4. The number of hydrogen-bond acceptors (Lipinski definition) is 7. The first-order chi connectivity index (χ1) is 22.9. The van der Waals surface area contributed by atoms with Gasteiger partial charge in [-0.1, -0.05) is 18.1 Å². The number of hydrogen-bond donors (Lipinski definition) is 0. The molecule has 2 aromatic carbocycles. The largest absolute Gasteiger partial charge is 0.491 e. The quantitative estimate of drug-likeness (QED) is 0.173. The van der Waals surface area contributed by atoms with Crippen molar-refractivity contribution >= 4 is 12.0 Å². The molecule has 0 aromatic heterocycles. The number of carbonyl (C=O) groups is 2. The minimum Gasteiger partial charge on any atom is -0.491 e. The number of carbonyl (C=O) groups excluding carboxylic acids is 2. The van der Waals surface area contributed by atoms with E-state index in [9.17, 15) is 18.4 Å². The Balaban J connectivity index is 1.74. The lowest BCUT2D eigenvalue weighted by molar-refractivity contribution is -0.163. The van der Waals surface area contributed by atoms with Crippen LogP contribution in [0.3, 0.4) is 0 Å². The van der Waals surface area contributed by atoms with Crippen molar-refractivity contribution in [1.82, 2.24) is 9.80 Å². The summed E-state index contributed by atoms with van der Waals surface area (Å²) >= 11 is 0. The van der Waals surface area contributed by atoms with Gasteiger partial charge >= 0.3 is 6.09 Å². The number of nitrogens with zero attached hydrogens (tertiary/aromatic N) is 2. The Bertz CT molecular complexity index is 1420. The van der Waals surface area contributed by atoms with Gasteiger partial charge in [0.1, 0.15) is 30.2 Å². The summed E-state index contributed by atoms with van der Waals surface area (Å²) < 4.78 is 57.3. The number of halogens is 2. The first kappa shape index (κ1) is 37.1. The van der Waals surface area contributed by atoms with Gasteiger partial charge in [-0.05, 0) is 93.8 Å². The van der Waals surface area contributed by atoms with Gasteiger partial charge in [-0.3, -0.25) is 4.79 Å². The summed E-state index contributed by atoms with van der Waals surface area (Å²) in [6.07, 6.45) is 8.35. The molecule has 0 spiro atoms. The molecule has 2 atom stereocenters. The molecule has 0 unspecified atom stereocenters. The monoisotopic (exact) mass is 670 g/mol. The lowest BCUT2D eigenvalue weighted by Crippen LogP contribution is -2.59. The molecular formula is C37H48F2N2O7. The van der Waals surface area contributed by atoms with E-state index in [1.807, 2.05) is 17.0 Å². The molecule has 4 rings (SSSR count). The van der Waals surface area contributed by atoms with Crippen LogP contribution < -0.4 is 4.74 Å². The zero-order valence-electron chi connectivity index (χ0n) is 28.7. The molecule has 1 heterocycles. The third kappa shape index (κ3) is 9.68. The third-order valence-electron chi connectivity index (χ3n) is 8.51. The summed E-state index contributed by atoms with van der Waals surface area (Å²) in [4.78, 5) is 31.5. The summed E-state index contributed by atoms with van der Waals surface area (Å²) in [5, 5.41) is 0. The van der Waals surface area contributed by atoms with Crippen LogP contribution in [0.1, 0.15) is 63.1 Å². The summed E-state index contributed by atoms with van der Waals surface area (Å²) in [5.74, 6) is -0.230. The molecule has 1 saturated carbocycles. The van der Waals surface area contributed by atoms with Gasteiger partial charge in [0.05, 0.1) is 12.5 Å². The number of amides is 2. The van der Waals surface area contributed by atoms with E-state index in [1.165, 1.54) is 11.0 Å². The number of terminal acetylenes is 1. The van der Waals surface area contributed by atoms with Crippen LogP contribution in [-0.2, 0) is 42.3 Å². The Morgan fingerprint density at radius 1 is 1.02 bits per heavy atom. The molecule has 2 aliphatic rings. The molecular weight excluding hydrogens is 622 g/mol. The minimum absolute atomic E-state index is 0.0419. The highest BCUT2D eigenvalue weighted by molar-refractivity contribution is 5.82. The van der Waals surface area contributed by atoms with Gasteiger partial charge in [0.15, 0.2) is 11.6 Å². The van der Waals surface area contributed by atoms with E-state index in [2.05, 4.69) is 12.0 Å². The van der Waals surface area contributed by atoms with Crippen molar-refractivity contribution in [1.29, 1.82) is 0 Å². The predicted octanol–water partition coefficient (Wildman–Crippen LogP) is 5.86. The number of ether oxygens (including phenoxy) is 5. The fraction of sp³-hybridized carbons (Fsp3) is 0.568. The molecule has 1 aliphatic heterocycles. The van der Waals surface area contributed by atoms with Gasteiger partial charge in [-0.2, -0.15) is 0 Å². The molecule has 0 bridgehead atoms. The van der Waals surface area contributed by atoms with E-state index in [0.717, 1.165) is 48.9 Å². The van der Waals surface area contributed by atoms with Crippen LogP contribution in [0.2, 0.25) is 0 Å². The van der Waals surface area contributed by atoms with Crippen molar-refractivity contribution in [3.8, 4) is 18.1 Å². The Kier molecular flexibility index (Phi) is 12.8. The van der Waals surface area contributed by atoms with Gasteiger partial charge in [0.25, 0.3) is 0 Å². The maximum absolute atomic E-state index is 14.9. The van der Waals surface area contributed by atoms with Gasteiger partial charge in [0, 0.05) is 46.5 Å². The van der Waals surface area contributed by atoms with Crippen molar-refractivity contribution in [3.63, 3.8) is 0 Å². The molecule has 48 heavy (non-hydrogen) atoms. The van der Waals surface area contributed by atoms with Gasteiger partial charge in [0.2, 0.25) is 5.91 Å². The number of piperidine rings is 1. The van der Waals surface area contributed by atoms with Crippen LogP contribution >= 0.6 is 0 Å². The van der Waals surface area contributed by atoms with Crippen molar-refractivity contribution < 1.29 is 42.1 Å². The molecule has 0 N–H and O–H groups in total. The highest BCUT2D eigenvalue weighted by Gasteiger charge is 2.53. The zero-order valence-corrected chi connectivity index (χ0v) is 28.7. The zero-order chi connectivity index (χ0) is 34.9. The number of methoxy groups -OCH3 is 2. The van der Waals surface area contributed by atoms with E-state index in [-0.39, 0.29) is 50.2 Å². The van der Waals surface area contributed by atoms with Crippen molar-refractivity contribution in [2.45, 2.75) is 76.7 Å². The molecule has 1 saturated heterocycles. The lowest BCUT2D eigenvalue weighted by Gasteiger charge is -2.48. The average Bonchev–Trinajstić information content (AvgIpc) is 3.88. The molecule has 11 heteroatoms. The molecule has 0 radical (unpaired) electrons. The Labute approximate surface area is 282 Å². The lowest BCUT2D eigenvalue weighted by atomic mass is 9.74. The van der Waals surface area contributed by atoms with Gasteiger partial charge < -0.3 is 33.5 Å². The van der Waals surface area contributed by atoms with Crippen molar-refractivity contribution in [2.75, 3.05) is 53.7 Å². The van der Waals surface area contributed by atoms with E-state index >= 15 is 0 Å². The van der Waals surface area contributed by atoms with Gasteiger partial charge in [-0.25, -0.2) is 13.6 Å². The summed E-state index contributed by atoms with van der Waals surface area (Å²) in [7, 11) is 3.27. The molecule has 1 aliphatic carbocycles. The highest BCUT2D eigenvalue weighted by Crippen LogP contribution is 2.44. The second-order valence-electron chi connectivity index (χ2n) is 13.4. The molecule has 9 nitrogen and oxygen atoms in total. The molecule has 2 amide bonds. The minimum atomic E-state index is -1.43. The molecule has 262 valence electrons. The van der Waals surface area contributed by atoms with E-state index in [0.29, 0.717) is 25.6 Å². The normalized spacial score (nSPS) is 19.5. The van der Waals surface area contributed by atoms with E-state index in [1.54, 1.807) is 35.0 Å². The van der Waals surface area contributed by atoms with Crippen molar-refractivity contribution in [3.05, 3.63) is 64.7 Å². The number of aryl methyl sites for hydroxylation is 1. The number of benzene rings is 2. The van der Waals surface area contributed by atoms with E-state index < -0.39 is 34.8 Å². The Morgan fingerprint density at radius 2 is 1.75 bits per heavy atom. The first-order valence-electron chi connectivity index (χ1n) is 16.5. The Morgan fingerprint density at radius 3 is 2.40 bits per heavy atom. The number of likely N-dealkylation sites (tertiary alicyclic amines) is 1. The fourth-order valence-electron chi connectivity index (χ4n) is 6.12. The second kappa shape index (κ2) is 16.6. The first-order valence-corrected chi connectivity index (χ1v) is 16.5. The topological polar surface area (TPSA) is 86.8 Å². The summed E-state index contributed by atoms with van der Waals surface area (Å²) in [6.45, 7) is 6.89. The molecule has 2 fully saturated rings. The van der Waals surface area contributed by atoms with Crippen LogP contribution in [0.15, 0.2) is 36.4 Å². The maximum atomic E-state index is 14.9. The highest BCUT2D eigenvalue weighted by atomic mass is 19.2. The summed E-state index contributed by atoms with van der Waals surface area (Å²) in [5.41, 5.74) is 0.00845. The third-order valence-corrected chi connectivity index (χ3v) is 8.51. The fourth-order valence-corrected chi connectivity index (χ4v) is 6.12. The average molecular weight is 671 g/mol. The van der Waals surface area contributed by atoms with Crippen molar-refractivity contribution in [2.24, 2.45) is 5.92 Å². The predicted molar refractivity (Wildman–Crippen MR) is 176 cm³/mol. The number of rotatable bonds is 15. The van der Waals surface area contributed by atoms with Crippen LogP contribution in [0, 0.1) is 29.9 Å². The smallest absolute Gasteiger partial charge is 0.410 e. The van der Waals surface area contributed by atoms with Crippen LogP contribution in [0.5, 0.6) is 5.75 Å². The van der Waals surface area contributed by atoms with Crippen LogP contribution in [0.25, 0.3) is 0 Å².